The van der Waals surface area contributed by atoms with Gasteiger partial charge in [0.1, 0.15) is 11.1 Å². The summed E-state index contributed by atoms with van der Waals surface area (Å²) in [6, 6.07) is 49.7. The zero-order valence-electron chi connectivity index (χ0n) is 23.6. The van der Waals surface area contributed by atoms with Gasteiger partial charge in [0.05, 0.1) is 5.52 Å². The summed E-state index contributed by atoms with van der Waals surface area (Å²) in [5.74, 6) is 1.76. The number of hydrogen-bond donors (Lipinski definition) is 0. The largest absolute Gasteiger partial charge is 0.454 e. The molecule has 0 amide bonds. The van der Waals surface area contributed by atoms with E-state index in [2.05, 4.69) is 77.4 Å². The molecule has 0 bridgehead atoms. The van der Waals surface area contributed by atoms with Gasteiger partial charge in [0.15, 0.2) is 17.2 Å². The highest BCUT2D eigenvalue weighted by atomic mass is 16.3. The number of para-hydroxylation sites is 2. The normalized spacial score (nSPS) is 11.6. The number of fused-ring (bicyclic) bond motifs is 7. The molecule has 0 saturated carbocycles. The molecule has 9 rings (SSSR count). The van der Waals surface area contributed by atoms with Crippen LogP contribution in [0.3, 0.4) is 0 Å². The predicted octanol–water partition coefficient (Wildman–Crippen LogP) is 9.87. The van der Waals surface area contributed by atoms with Crippen LogP contribution in [0.2, 0.25) is 0 Å². The van der Waals surface area contributed by atoms with E-state index < -0.39 is 0 Å². The molecule has 206 valence electrons. The molecule has 0 spiro atoms. The fourth-order valence-electron chi connectivity index (χ4n) is 6.28. The third-order valence-electron chi connectivity index (χ3n) is 8.25. The molecule has 5 nitrogen and oxygen atoms in total. The van der Waals surface area contributed by atoms with E-state index in [1.165, 1.54) is 0 Å². The predicted molar refractivity (Wildman–Crippen MR) is 178 cm³/mol. The fraction of sp³-hybridized carbons (Fsp3) is 0. The van der Waals surface area contributed by atoms with Crippen LogP contribution in [0.5, 0.6) is 0 Å². The number of hydrogen-bond acceptors (Lipinski definition) is 4. The molecule has 5 heteroatoms. The van der Waals surface area contributed by atoms with Gasteiger partial charge < -0.3 is 4.42 Å². The Morgan fingerprint density at radius 1 is 0.477 bits per heavy atom. The van der Waals surface area contributed by atoms with Crippen molar-refractivity contribution in [1.82, 2.24) is 19.5 Å². The Morgan fingerprint density at radius 3 is 1.68 bits per heavy atom. The summed E-state index contributed by atoms with van der Waals surface area (Å²) in [6.45, 7) is 0. The van der Waals surface area contributed by atoms with Crippen LogP contribution in [0.1, 0.15) is 0 Å². The first-order valence-corrected chi connectivity index (χ1v) is 14.6. The van der Waals surface area contributed by atoms with Crippen LogP contribution in [0.25, 0.3) is 83.6 Å². The average molecular weight is 565 g/mol. The third kappa shape index (κ3) is 3.76. The van der Waals surface area contributed by atoms with Gasteiger partial charge in [0, 0.05) is 32.7 Å². The molecular formula is C39H24N4O. The first kappa shape index (κ1) is 24.5. The molecule has 0 N–H and O–H groups in total. The molecule has 0 aliphatic rings. The molecule has 0 radical (unpaired) electrons. The maximum absolute atomic E-state index is 6.69. The van der Waals surface area contributed by atoms with Crippen LogP contribution in [0.15, 0.2) is 150 Å². The van der Waals surface area contributed by atoms with Gasteiger partial charge in [-0.2, -0.15) is 9.97 Å². The topological polar surface area (TPSA) is 56.7 Å². The molecule has 6 aromatic carbocycles. The second-order valence-electron chi connectivity index (χ2n) is 10.9. The standard InChI is InChI=1S/C39H24N4O/c1-4-14-25(15-5-1)30-24-31-28-20-11-13-23-33(28)44-36(31)35-34(30)29-21-10-12-22-32(29)43(35)39-41-37(26-16-6-2-7-17-26)40-38(42-39)27-18-8-3-9-19-27/h1-24H. The molecular weight excluding hydrogens is 540 g/mol. The summed E-state index contributed by atoms with van der Waals surface area (Å²) in [5.41, 5.74) is 7.70. The number of benzene rings is 6. The molecule has 0 aliphatic heterocycles. The highest BCUT2D eigenvalue weighted by Gasteiger charge is 2.24. The summed E-state index contributed by atoms with van der Waals surface area (Å²) in [7, 11) is 0. The van der Waals surface area contributed by atoms with Gasteiger partial charge >= 0.3 is 0 Å². The van der Waals surface area contributed by atoms with Crippen molar-refractivity contribution in [2.24, 2.45) is 0 Å². The second-order valence-corrected chi connectivity index (χ2v) is 10.9. The van der Waals surface area contributed by atoms with Gasteiger partial charge in [0.25, 0.3) is 0 Å². The minimum atomic E-state index is 0.538. The van der Waals surface area contributed by atoms with Crippen LogP contribution in [0, 0.1) is 0 Å². The van der Waals surface area contributed by atoms with Gasteiger partial charge in [-0.15, -0.1) is 0 Å². The molecule has 9 aromatic rings. The van der Waals surface area contributed by atoms with Crippen molar-refractivity contribution >= 4 is 43.7 Å². The minimum absolute atomic E-state index is 0.538. The van der Waals surface area contributed by atoms with E-state index in [0.717, 1.165) is 66.0 Å². The third-order valence-corrected chi connectivity index (χ3v) is 8.25. The summed E-state index contributed by atoms with van der Waals surface area (Å²) < 4.78 is 8.84. The van der Waals surface area contributed by atoms with E-state index in [9.17, 15) is 0 Å². The second kappa shape index (κ2) is 9.75. The van der Waals surface area contributed by atoms with Crippen molar-refractivity contribution in [3.63, 3.8) is 0 Å². The number of aromatic nitrogens is 4. The van der Waals surface area contributed by atoms with Crippen LogP contribution >= 0.6 is 0 Å². The summed E-state index contributed by atoms with van der Waals surface area (Å²) in [5, 5.41) is 4.33. The van der Waals surface area contributed by atoms with Gasteiger partial charge in [-0.25, -0.2) is 4.98 Å². The lowest BCUT2D eigenvalue weighted by molar-refractivity contribution is 0.670. The molecule has 0 unspecified atom stereocenters. The van der Waals surface area contributed by atoms with Crippen molar-refractivity contribution in [3.05, 3.63) is 146 Å². The smallest absolute Gasteiger partial charge is 0.238 e. The highest BCUT2D eigenvalue weighted by molar-refractivity contribution is 6.26. The Hall–Kier alpha value is -6.07. The van der Waals surface area contributed by atoms with Gasteiger partial charge in [-0.3, -0.25) is 4.57 Å². The maximum atomic E-state index is 6.69. The van der Waals surface area contributed by atoms with Crippen LogP contribution in [0.4, 0.5) is 0 Å². The first-order chi connectivity index (χ1) is 21.8. The average Bonchev–Trinajstić information content (AvgIpc) is 3.65. The molecule has 0 fully saturated rings. The van der Waals surface area contributed by atoms with E-state index >= 15 is 0 Å². The van der Waals surface area contributed by atoms with Crippen molar-refractivity contribution in [3.8, 4) is 39.9 Å². The van der Waals surface area contributed by atoms with Gasteiger partial charge in [-0.05, 0) is 29.3 Å². The SMILES string of the molecule is c1ccc(-c2nc(-c3ccccc3)nc(-n3c4ccccc4c4c(-c5ccccc5)cc5c6ccccc6oc5c43)n2)cc1. The molecule has 0 aliphatic carbocycles. The van der Waals surface area contributed by atoms with E-state index in [1.54, 1.807) is 0 Å². The first-order valence-electron chi connectivity index (χ1n) is 14.6. The fourth-order valence-corrected chi connectivity index (χ4v) is 6.28. The molecule has 0 saturated heterocycles. The Balaban J connectivity index is 1.48. The van der Waals surface area contributed by atoms with Crippen LogP contribution in [-0.4, -0.2) is 19.5 Å². The van der Waals surface area contributed by atoms with Crippen molar-refractivity contribution in [2.45, 2.75) is 0 Å². The molecule has 44 heavy (non-hydrogen) atoms. The lowest BCUT2D eigenvalue weighted by Crippen LogP contribution is -2.06. The van der Waals surface area contributed by atoms with Crippen LogP contribution < -0.4 is 0 Å². The summed E-state index contributed by atoms with van der Waals surface area (Å²) in [4.78, 5) is 15.2. The zero-order chi connectivity index (χ0) is 29.0. The molecule has 0 atom stereocenters. The summed E-state index contributed by atoms with van der Waals surface area (Å²) in [6.07, 6.45) is 0. The lowest BCUT2D eigenvalue weighted by atomic mass is 9.97. The number of rotatable bonds is 4. The maximum Gasteiger partial charge on any atom is 0.238 e. The van der Waals surface area contributed by atoms with E-state index in [-0.39, 0.29) is 0 Å². The highest BCUT2D eigenvalue weighted by Crippen LogP contribution is 2.45. The summed E-state index contributed by atoms with van der Waals surface area (Å²) >= 11 is 0. The van der Waals surface area contributed by atoms with Gasteiger partial charge in [0.2, 0.25) is 5.95 Å². The van der Waals surface area contributed by atoms with E-state index in [0.29, 0.717) is 17.6 Å². The lowest BCUT2D eigenvalue weighted by Gasteiger charge is -2.11. The Labute approximate surface area is 252 Å². The van der Waals surface area contributed by atoms with E-state index in [4.69, 9.17) is 19.4 Å². The number of nitrogens with zero attached hydrogens (tertiary/aromatic N) is 4. The van der Waals surface area contributed by atoms with E-state index in [1.807, 2.05) is 72.8 Å². The molecule has 3 heterocycles. The van der Waals surface area contributed by atoms with Crippen molar-refractivity contribution in [2.75, 3.05) is 0 Å². The zero-order valence-corrected chi connectivity index (χ0v) is 23.6. The molecule has 3 aromatic heterocycles. The van der Waals surface area contributed by atoms with Crippen molar-refractivity contribution in [1.29, 1.82) is 0 Å². The number of furan rings is 1. The van der Waals surface area contributed by atoms with Crippen LogP contribution in [-0.2, 0) is 0 Å². The van der Waals surface area contributed by atoms with Crippen molar-refractivity contribution < 1.29 is 4.42 Å². The Kier molecular flexibility index (Phi) is 5.43. The minimum Gasteiger partial charge on any atom is -0.454 e. The Morgan fingerprint density at radius 2 is 1.02 bits per heavy atom. The van der Waals surface area contributed by atoms with Gasteiger partial charge in [-0.1, -0.05) is 127 Å². The quantitative estimate of drug-likeness (QED) is 0.213. The monoisotopic (exact) mass is 564 g/mol. The Bertz CT molecular complexity index is 2420.